The second-order valence-electron chi connectivity index (χ2n) is 5.28. The Balaban J connectivity index is 0.000000307. The molecule has 2 aromatic carbocycles. The van der Waals surface area contributed by atoms with E-state index in [2.05, 4.69) is 20.7 Å². The number of aryl methyl sites for hydroxylation is 1. The third kappa shape index (κ3) is 9.53. The fourth-order valence-corrected chi connectivity index (χ4v) is 2.78. The monoisotopic (exact) mass is 481 g/mol. The molecule has 1 amide bonds. The molecule has 2 rings (SSSR count). The predicted octanol–water partition coefficient (Wildman–Crippen LogP) is 4.30. The van der Waals surface area contributed by atoms with E-state index in [4.69, 9.17) is 10.3 Å². The number of rotatable bonds is 4. The van der Waals surface area contributed by atoms with Crippen molar-refractivity contribution in [3.63, 3.8) is 0 Å². The molecule has 0 bridgehead atoms. The average Bonchev–Trinajstić information content (AvgIpc) is 2.52. The highest BCUT2D eigenvalue weighted by atomic mass is 79.9. The standard InChI is InChI=1S/C9H7F3O4S.C8H8BrNO/c10-9(11,12)16-8-3-1-7(2-4-8)5-6-17(13,14)15;1-5-2-3-6(8(10)11)7(9)4-5/h1-6H,(H,13,14,15);2-4H,1H3,(H2,10,11)/b6-5+;. The van der Waals surface area contributed by atoms with Crippen LogP contribution >= 0.6 is 15.9 Å². The Morgan fingerprint density at radius 1 is 1.18 bits per heavy atom. The van der Waals surface area contributed by atoms with E-state index in [9.17, 15) is 26.4 Å². The first-order valence-electron chi connectivity index (χ1n) is 7.34. The molecule has 0 atom stereocenters. The molecule has 0 aliphatic heterocycles. The van der Waals surface area contributed by atoms with Crippen LogP contribution in [0.1, 0.15) is 21.5 Å². The topological polar surface area (TPSA) is 107 Å². The van der Waals surface area contributed by atoms with Gasteiger partial charge in [-0.2, -0.15) is 8.42 Å². The van der Waals surface area contributed by atoms with E-state index < -0.39 is 28.1 Å². The van der Waals surface area contributed by atoms with Crippen LogP contribution < -0.4 is 10.5 Å². The highest BCUT2D eigenvalue weighted by molar-refractivity contribution is 9.10. The van der Waals surface area contributed by atoms with Crippen molar-refractivity contribution < 1.29 is 35.7 Å². The minimum absolute atomic E-state index is 0.303. The van der Waals surface area contributed by atoms with Gasteiger partial charge in [0.25, 0.3) is 10.1 Å². The third-order valence-corrected chi connectivity index (χ3v) is 4.07. The molecule has 0 aliphatic carbocycles. The van der Waals surface area contributed by atoms with Crippen LogP contribution in [0.25, 0.3) is 6.08 Å². The zero-order valence-electron chi connectivity index (χ0n) is 14.3. The Bertz CT molecular complexity index is 958. The van der Waals surface area contributed by atoms with E-state index in [1.54, 1.807) is 6.07 Å². The van der Waals surface area contributed by atoms with E-state index >= 15 is 0 Å². The summed E-state index contributed by atoms with van der Waals surface area (Å²) >= 11 is 3.25. The van der Waals surface area contributed by atoms with Gasteiger partial charge in [-0.15, -0.1) is 13.2 Å². The molecule has 6 nitrogen and oxygen atoms in total. The maximum absolute atomic E-state index is 11.8. The van der Waals surface area contributed by atoms with Gasteiger partial charge in [0, 0.05) is 4.47 Å². The summed E-state index contributed by atoms with van der Waals surface area (Å²) in [7, 11) is -4.25. The number of amides is 1. The molecule has 152 valence electrons. The lowest BCUT2D eigenvalue weighted by molar-refractivity contribution is -0.274. The Hall–Kier alpha value is -2.37. The SMILES string of the molecule is Cc1ccc(C(N)=O)c(Br)c1.O=S(=O)(O)/C=C/c1ccc(OC(F)(F)F)cc1. The van der Waals surface area contributed by atoms with Crippen LogP contribution in [0.3, 0.4) is 0 Å². The number of ether oxygens (including phenoxy) is 1. The number of halogens is 4. The van der Waals surface area contributed by atoms with E-state index in [1.807, 2.05) is 19.1 Å². The van der Waals surface area contributed by atoms with Crippen molar-refractivity contribution in [3.05, 3.63) is 69.0 Å². The Morgan fingerprint density at radius 2 is 1.75 bits per heavy atom. The molecule has 2 aromatic rings. The Kier molecular flexibility index (Phi) is 8.21. The lowest BCUT2D eigenvalue weighted by Crippen LogP contribution is -2.16. The largest absolute Gasteiger partial charge is 0.573 e. The highest BCUT2D eigenvalue weighted by Crippen LogP contribution is 2.23. The minimum Gasteiger partial charge on any atom is -0.406 e. The van der Waals surface area contributed by atoms with Crippen molar-refractivity contribution >= 4 is 38.0 Å². The lowest BCUT2D eigenvalue weighted by atomic mass is 10.1. The number of benzene rings is 2. The second-order valence-corrected chi connectivity index (χ2v) is 7.44. The fraction of sp³-hybridized carbons (Fsp3) is 0.118. The van der Waals surface area contributed by atoms with Crippen LogP contribution in [0.2, 0.25) is 0 Å². The number of alkyl halides is 3. The zero-order chi connectivity index (χ0) is 21.5. The van der Waals surface area contributed by atoms with Crippen LogP contribution in [0.4, 0.5) is 13.2 Å². The van der Waals surface area contributed by atoms with Gasteiger partial charge < -0.3 is 10.5 Å². The second kappa shape index (κ2) is 9.71. The smallest absolute Gasteiger partial charge is 0.406 e. The molecule has 3 N–H and O–H groups in total. The van der Waals surface area contributed by atoms with Crippen molar-refractivity contribution in [2.24, 2.45) is 5.73 Å². The van der Waals surface area contributed by atoms with E-state index in [0.717, 1.165) is 28.2 Å². The van der Waals surface area contributed by atoms with Crippen molar-refractivity contribution in [2.45, 2.75) is 13.3 Å². The third-order valence-electron chi connectivity index (χ3n) is 2.94. The summed E-state index contributed by atoms with van der Waals surface area (Å²) in [5.41, 5.74) is 7.02. The van der Waals surface area contributed by atoms with Gasteiger partial charge in [-0.25, -0.2) is 0 Å². The van der Waals surface area contributed by atoms with Gasteiger partial charge in [0.15, 0.2) is 0 Å². The molecule has 0 spiro atoms. The van der Waals surface area contributed by atoms with E-state index in [0.29, 0.717) is 16.5 Å². The summed E-state index contributed by atoms with van der Waals surface area (Å²) in [6.07, 6.45) is -3.74. The number of carbonyl (C=O) groups is 1. The van der Waals surface area contributed by atoms with Gasteiger partial charge in [-0.05, 0) is 64.3 Å². The number of nitrogens with two attached hydrogens (primary N) is 1. The van der Waals surface area contributed by atoms with Crippen molar-refractivity contribution in [1.82, 2.24) is 0 Å². The zero-order valence-corrected chi connectivity index (χ0v) is 16.7. The first-order chi connectivity index (χ1) is 12.8. The van der Waals surface area contributed by atoms with E-state index in [1.165, 1.54) is 12.1 Å². The summed E-state index contributed by atoms with van der Waals surface area (Å²) in [6.45, 7) is 1.95. The molecule has 0 unspecified atom stereocenters. The molecule has 0 saturated carbocycles. The number of carbonyl (C=O) groups excluding carboxylic acids is 1. The first-order valence-corrected chi connectivity index (χ1v) is 9.64. The fourth-order valence-electron chi connectivity index (χ4n) is 1.77. The quantitative estimate of drug-likeness (QED) is 0.633. The maximum atomic E-state index is 11.8. The molecular formula is C17H15BrF3NO5S. The summed E-state index contributed by atoms with van der Waals surface area (Å²) in [5.74, 6) is -0.821. The number of hydrogen-bond donors (Lipinski definition) is 2. The van der Waals surface area contributed by atoms with Gasteiger partial charge >= 0.3 is 6.36 Å². The van der Waals surface area contributed by atoms with Gasteiger partial charge in [-0.1, -0.05) is 18.2 Å². The summed E-state index contributed by atoms with van der Waals surface area (Å²) in [6, 6.07) is 9.90. The van der Waals surface area contributed by atoms with Crippen LogP contribution in [0.15, 0.2) is 52.3 Å². The van der Waals surface area contributed by atoms with Crippen LogP contribution in [-0.4, -0.2) is 25.2 Å². The summed E-state index contributed by atoms with van der Waals surface area (Å²) in [4.78, 5) is 10.7. The average molecular weight is 482 g/mol. The molecule has 0 heterocycles. The van der Waals surface area contributed by atoms with Crippen molar-refractivity contribution in [3.8, 4) is 5.75 Å². The van der Waals surface area contributed by atoms with Crippen molar-refractivity contribution in [1.29, 1.82) is 0 Å². The maximum Gasteiger partial charge on any atom is 0.573 e. The molecular weight excluding hydrogens is 467 g/mol. The highest BCUT2D eigenvalue weighted by Gasteiger charge is 2.30. The Labute approximate surface area is 167 Å². The van der Waals surface area contributed by atoms with Gasteiger partial charge in [0.1, 0.15) is 5.75 Å². The van der Waals surface area contributed by atoms with Crippen LogP contribution in [0.5, 0.6) is 5.75 Å². The number of primary amides is 1. The normalized spacial score (nSPS) is 11.6. The van der Waals surface area contributed by atoms with Crippen LogP contribution in [0, 0.1) is 6.92 Å². The van der Waals surface area contributed by atoms with Gasteiger partial charge in [0.2, 0.25) is 5.91 Å². The van der Waals surface area contributed by atoms with E-state index in [-0.39, 0.29) is 0 Å². The molecule has 0 aromatic heterocycles. The van der Waals surface area contributed by atoms with Crippen molar-refractivity contribution in [2.75, 3.05) is 0 Å². The predicted molar refractivity (Wildman–Crippen MR) is 101 cm³/mol. The molecule has 0 saturated heterocycles. The lowest BCUT2D eigenvalue weighted by Gasteiger charge is -2.08. The first kappa shape index (κ1) is 23.7. The summed E-state index contributed by atoms with van der Waals surface area (Å²) in [5, 5.41) is 0.520. The summed E-state index contributed by atoms with van der Waals surface area (Å²) < 4.78 is 68.9. The molecule has 0 fully saturated rings. The minimum atomic E-state index is -4.77. The number of hydrogen-bond acceptors (Lipinski definition) is 4. The Morgan fingerprint density at radius 3 is 2.18 bits per heavy atom. The molecule has 0 aliphatic rings. The molecule has 0 radical (unpaired) electrons. The molecule has 28 heavy (non-hydrogen) atoms. The van der Waals surface area contributed by atoms with Gasteiger partial charge in [-0.3, -0.25) is 9.35 Å². The van der Waals surface area contributed by atoms with Gasteiger partial charge in [0.05, 0.1) is 11.0 Å². The molecule has 11 heteroatoms. The van der Waals surface area contributed by atoms with Crippen LogP contribution in [-0.2, 0) is 10.1 Å².